The van der Waals surface area contributed by atoms with Crippen LogP contribution in [-0.2, 0) is 6.54 Å². The molecule has 4 heterocycles. The van der Waals surface area contributed by atoms with E-state index in [1.807, 2.05) is 66.4 Å². The second-order valence-corrected chi connectivity index (χ2v) is 9.03. The molecule has 0 spiro atoms. The van der Waals surface area contributed by atoms with Crippen LogP contribution in [0.1, 0.15) is 34.4 Å². The lowest BCUT2D eigenvalue weighted by atomic mass is 10.1. The molecule has 0 atom stereocenters. The Labute approximate surface area is 204 Å². The number of nitrogens with zero attached hydrogens (tertiary/aromatic N) is 6. The van der Waals surface area contributed by atoms with E-state index in [9.17, 15) is 9.59 Å². The second-order valence-electron chi connectivity index (χ2n) is 9.03. The summed E-state index contributed by atoms with van der Waals surface area (Å²) < 4.78 is 3.86. The maximum absolute atomic E-state index is 13.4. The summed E-state index contributed by atoms with van der Waals surface area (Å²) in [6.45, 7) is 11.1. The van der Waals surface area contributed by atoms with Crippen molar-refractivity contribution < 1.29 is 4.79 Å². The number of pyridine rings is 2. The number of piperazine rings is 1. The highest BCUT2D eigenvalue weighted by molar-refractivity contribution is 5.97. The molecule has 3 aromatic heterocycles. The van der Waals surface area contributed by atoms with Gasteiger partial charge in [0.15, 0.2) is 0 Å². The average Bonchev–Trinajstić information content (AvgIpc) is 3.18. The molecule has 1 aromatic carbocycles. The van der Waals surface area contributed by atoms with E-state index in [1.54, 1.807) is 17.2 Å². The van der Waals surface area contributed by atoms with Gasteiger partial charge in [0.25, 0.3) is 5.91 Å². The maximum Gasteiger partial charge on any atom is 0.259 e. The van der Waals surface area contributed by atoms with Crippen LogP contribution < -0.4 is 10.3 Å². The Bertz CT molecular complexity index is 1460. The van der Waals surface area contributed by atoms with Crippen molar-refractivity contribution >= 4 is 22.6 Å². The number of hydrogen-bond donors (Lipinski definition) is 0. The van der Waals surface area contributed by atoms with Crippen molar-refractivity contribution in [2.45, 2.75) is 34.2 Å². The molecule has 1 aliphatic rings. The lowest BCUT2D eigenvalue weighted by molar-refractivity contribution is 0.0745. The molecule has 8 nitrogen and oxygen atoms in total. The lowest BCUT2D eigenvalue weighted by Crippen LogP contribution is -2.50. The summed E-state index contributed by atoms with van der Waals surface area (Å²) in [5.41, 5.74) is 5.62. The molecule has 1 saturated heterocycles. The van der Waals surface area contributed by atoms with Gasteiger partial charge in [-0.3, -0.25) is 9.59 Å². The van der Waals surface area contributed by atoms with Crippen LogP contribution in [0.15, 0.2) is 53.5 Å². The fourth-order valence-electron chi connectivity index (χ4n) is 4.97. The van der Waals surface area contributed by atoms with Crippen LogP contribution in [0.4, 0.5) is 5.69 Å². The molecule has 1 aliphatic heterocycles. The molecule has 0 radical (unpaired) electrons. The minimum Gasteiger partial charge on any atom is -0.365 e. The molecule has 180 valence electrons. The summed E-state index contributed by atoms with van der Waals surface area (Å²) >= 11 is 0. The van der Waals surface area contributed by atoms with Gasteiger partial charge < -0.3 is 14.4 Å². The minimum atomic E-state index is -0.250. The number of carbonyl (C=O) groups excluding carboxylic acids is 1. The van der Waals surface area contributed by atoms with Crippen LogP contribution in [0.25, 0.3) is 16.7 Å². The van der Waals surface area contributed by atoms with E-state index < -0.39 is 0 Å². The van der Waals surface area contributed by atoms with Crippen molar-refractivity contribution in [3.8, 4) is 5.69 Å². The normalized spacial score (nSPS) is 14.1. The van der Waals surface area contributed by atoms with Gasteiger partial charge in [0.1, 0.15) is 11.2 Å². The Balaban J connectivity index is 1.38. The van der Waals surface area contributed by atoms with E-state index in [2.05, 4.69) is 16.8 Å². The van der Waals surface area contributed by atoms with Crippen molar-refractivity contribution in [1.82, 2.24) is 24.2 Å². The second kappa shape index (κ2) is 9.02. The smallest absolute Gasteiger partial charge is 0.259 e. The quantitative estimate of drug-likeness (QED) is 0.456. The van der Waals surface area contributed by atoms with E-state index in [0.29, 0.717) is 43.8 Å². The summed E-state index contributed by atoms with van der Waals surface area (Å²) in [6, 6.07) is 13.7. The molecule has 0 aliphatic carbocycles. The summed E-state index contributed by atoms with van der Waals surface area (Å²) in [7, 11) is 0. The van der Waals surface area contributed by atoms with Crippen LogP contribution in [-0.4, -0.2) is 56.3 Å². The monoisotopic (exact) mass is 470 g/mol. The van der Waals surface area contributed by atoms with E-state index in [1.165, 1.54) is 0 Å². The predicted molar refractivity (Wildman–Crippen MR) is 138 cm³/mol. The minimum absolute atomic E-state index is 0.211. The number of carbonyl (C=O) groups is 1. The number of fused-ring (bicyclic) bond motifs is 1. The first-order valence-corrected chi connectivity index (χ1v) is 12.1. The van der Waals surface area contributed by atoms with Crippen molar-refractivity contribution in [2.24, 2.45) is 0 Å². The van der Waals surface area contributed by atoms with E-state index >= 15 is 0 Å². The molecule has 4 aromatic rings. The molecule has 0 bridgehead atoms. The van der Waals surface area contributed by atoms with E-state index in [4.69, 9.17) is 5.10 Å². The molecule has 35 heavy (non-hydrogen) atoms. The number of aryl methyl sites for hydroxylation is 3. The Morgan fingerprint density at radius 1 is 0.971 bits per heavy atom. The number of hydrogen-bond acceptors (Lipinski definition) is 5. The highest BCUT2D eigenvalue weighted by atomic mass is 16.2. The van der Waals surface area contributed by atoms with Crippen molar-refractivity contribution in [3.63, 3.8) is 0 Å². The molecular weight excluding hydrogens is 440 g/mol. The number of para-hydroxylation sites is 1. The third kappa shape index (κ3) is 3.99. The van der Waals surface area contributed by atoms with Crippen molar-refractivity contribution in [2.75, 3.05) is 31.1 Å². The third-order valence-electron chi connectivity index (χ3n) is 6.77. The standard InChI is InChI=1S/C27H30N6O2/c1-5-30-17-23(25(34)22-12-11-18(2)28-26(22)30)27(35)32-15-13-31(14-16-32)24-19(3)29-33(20(24)4)21-9-7-6-8-10-21/h6-12,17H,5,13-16H2,1-4H3. The first-order chi connectivity index (χ1) is 16.9. The number of aromatic nitrogens is 4. The van der Waals surface area contributed by atoms with Gasteiger partial charge >= 0.3 is 0 Å². The Morgan fingerprint density at radius 3 is 2.37 bits per heavy atom. The van der Waals surface area contributed by atoms with E-state index in [0.717, 1.165) is 28.5 Å². The number of amides is 1. The first kappa shape index (κ1) is 22.8. The van der Waals surface area contributed by atoms with Crippen molar-refractivity contribution in [3.05, 3.63) is 81.5 Å². The number of anilines is 1. The molecule has 1 fully saturated rings. The maximum atomic E-state index is 13.4. The molecule has 0 N–H and O–H groups in total. The van der Waals surface area contributed by atoms with Crippen molar-refractivity contribution in [1.29, 1.82) is 0 Å². The summed E-state index contributed by atoms with van der Waals surface area (Å²) in [5.74, 6) is -0.215. The molecule has 8 heteroatoms. The largest absolute Gasteiger partial charge is 0.365 e. The zero-order valence-electron chi connectivity index (χ0n) is 20.7. The summed E-state index contributed by atoms with van der Waals surface area (Å²) in [5, 5.41) is 5.26. The molecule has 0 unspecified atom stereocenters. The van der Waals surface area contributed by atoms with Gasteiger partial charge in [-0.25, -0.2) is 9.67 Å². The molecule has 5 rings (SSSR count). The Kier molecular flexibility index (Phi) is 5.88. The zero-order chi connectivity index (χ0) is 24.7. The SMILES string of the molecule is CCn1cc(C(=O)N2CCN(c3c(C)nn(-c4ccccc4)c3C)CC2)c(=O)c2ccc(C)nc21. The summed E-state index contributed by atoms with van der Waals surface area (Å²) in [4.78, 5) is 35.2. The fraction of sp³-hybridized carbons (Fsp3) is 0.333. The number of benzene rings is 1. The predicted octanol–water partition coefficient (Wildman–Crippen LogP) is 3.49. The molecular formula is C27H30N6O2. The van der Waals surface area contributed by atoms with Gasteiger partial charge in [-0.1, -0.05) is 18.2 Å². The Morgan fingerprint density at radius 2 is 1.69 bits per heavy atom. The molecule has 1 amide bonds. The van der Waals surface area contributed by atoms with Gasteiger partial charge in [-0.15, -0.1) is 0 Å². The third-order valence-corrected chi connectivity index (χ3v) is 6.77. The van der Waals surface area contributed by atoms with Gasteiger partial charge in [0.05, 0.1) is 28.1 Å². The number of rotatable bonds is 4. The molecule has 0 saturated carbocycles. The average molecular weight is 471 g/mol. The van der Waals surface area contributed by atoms with Gasteiger partial charge in [-0.2, -0.15) is 5.10 Å². The fourth-order valence-corrected chi connectivity index (χ4v) is 4.97. The highest BCUT2D eigenvalue weighted by Gasteiger charge is 2.28. The highest BCUT2D eigenvalue weighted by Crippen LogP contribution is 2.28. The Hall–Kier alpha value is -3.94. The zero-order valence-corrected chi connectivity index (χ0v) is 20.7. The van der Waals surface area contributed by atoms with Crippen LogP contribution in [0, 0.1) is 20.8 Å². The van der Waals surface area contributed by atoms with E-state index in [-0.39, 0.29) is 16.9 Å². The van der Waals surface area contributed by atoms with Crippen LogP contribution >= 0.6 is 0 Å². The van der Waals surface area contributed by atoms with Gasteiger partial charge in [0, 0.05) is 44.6 Å². The lowest BCUT2D eigenvalue weighted by Gasteiger charge is -2.36. The van der Waals surface area contributed by atoms with Gasteiger partial charge in [0.2, 0.25) is 5.43 Å². The van der Waals surface area contributed by atoms with Crippen LogP contribution in [0.5, 0.6) is 0 Å². The van der Waals surface area contributed by atoms with Crippen LogP contribution in [0.2, 0.25) is 0 Å². The summed E-state index contributed by atoms with van der Waals surface area (Å²) in [6.07, 6.45) is 1.67. The van der Waals surface area contributed by atoms with Crippen LogP contribution in [0.3, 0.4) is 0 Å². The first-order valence-electron chi connectivity index (χ1n) is 12.1. The topological polar surface area (TPSA) is 76.3 Å². The van der Waals surface area contributed by atoms with Gasteiger partial charge in [-0.05, 0) is 52.0 Å².